The minimum Gasteiger partial charge on any atom is -0.370 e. The molecule has 0 aliphatic rings. The van der Waals surface area contributed by atoms with Crippen LogP contribution in [0.4, 0.5) is 0 Å². The predicted octanol–water partition coefficient (Wildman–Crippen LogP) is 0.149. The zero-order chi connectivity index (χ0) is 24.5. The number of nitrogens with two attached hydrogens (primary N) is 3. The Labute approximate surface area is 189 Å². The maximum Gasteiger partial charge on any atom is 0.242 e. The molecule has 32 heavy (non-hydrogen) atoms. The van der Waals surface area contributed by atoms with Gasteiger partial charge in [-0.3, -0.25) is 19.1 Å². The van der Waals surface area contributed by atoms with Gasteiger partial charge >= 0.3 is 0 Å². The molecule has 0 radical (unpaired) electrons. The summed E-state index contributed by atoms with van der Waals surface area (Å²) in [6.45, 7) is 2.86. The smallest absolute Gasteiger partial charge is 0.242 e. The number of unbranched alkanes of at least 4 members (excludes halogenated alkanes) is 1. The third-order valence-electron chi connectivity index (χ3n) is 4.27. The standard InChI is InChI=1S/C20H27N5O3.2CH5N/c1-3-4-10-25-17(14-8-6-5-7-9-14)11-15(24-25)12-19(27)23-16(13-18(21)26)20(28)22-2;2*1-2/h5-9,11,16H,3-4,10,12-13H2,1-2H3,(H2,21,26)(H,22,28)(H,23,27);2*2H2,1H3/t16-;;/m0../s1. The Bertz CT molecular complexity index is 822. The molecule has 0 fully saturated rings. The molecule has 2 aromatic rings. The van der Waals surface area contributed by atoms with E-state index < -0.39 is 23.8 Å². The fraction of sp³-hybridized carbons (Fsp3) is 0.455. The Morgan fingerprint density at radius 1 is 1.09 bits per heavy atom. The van der Waals surface area contributed by atoms with E-state index in [2.05, 4.69) is 34.1 Å². The summed E-state index contributed by atoms with van der Waals surface area (Å²) in [5.41, 5.74) is 16.7. The monoisotopic (exact) mass is 447 g/mol. The summed E-state index contributed by atoms with van der Waals surface area (Å²) >= 11 is 0. The summed E-state index contributed by atoms with van der Waals surface area (Å²) in [6, 6.07) is 10.7. The van der Waals surface area contributed by atoms with Gasteiger partial charge in [-0.05, 0) is 32.1 Å². The molecule has 8 N–H and O–H groups in total. The van der Waals surface area contributed by atoms with Crippen molar-refractivity contribution in [3.05, 3.63) is 42.1 Å². The Balaban J connectivity index is 0.00000227. The highest BCUT2D eigenvalue weighted by Gasteiger charge is 2.22. The fourth-order valence-electron chi connectivity index (χ4n) is 2.87. The van der Waals surface area contributed by atoms with E-state index in [1.54, 1.807) is 0 Å². The van der Waals surface area contributed by atoms with E-state index in [0.29, 0.717) is 5.69 Å². The second-order valence-corrected chi connectivity index (χ2v) is 6.55. The Morgan fingerprint density at radius 3 is 2.25 bits per heavy atom. The van der Waals surface area contributed by atoms with Crippen molar-refractivity contribution < 1.29 is 14.4 Å². The van der Waals surface area contributed by atoms with Crippen LogP contribution in [0.2, 0.25) is 0 Å². The molecule has 0 aliphatic heterocycles. The molecular formula is C22H37N7O3. The van der Waals surface area contributed by atoms with Crippen LogP contribution in [-0.2, 0) is 27.3 Å². The lowest BCUT2D eigenvalue weighted by atomic mass is 10.1. The molecule has 0 unspecified atom stereocenters. The van der Waals surface area contributed by atoms with Crippen molar-refractivity contribution in [2.75, 3.05) is 21.1 Å². The quantitative estimate of drug-likeness (QED) is 0.347. The zero-order valence-corrected chi connectivity index (χ0v) is 19.4. The molecule has 0 spiro atoms. The number of hydrogen-bond acceptors (Lipinski definition) is 6. The molecule has 0 saturated carbocycles. The summed E-state index contributed by atoms with van der Waals surface area (Å²) < 4.78 is 1.90. The third kappa shape index (κ3) is 9.71. The highest BCUT2D eigenvalue weighted by Crippen LogP contribution is 2.21. The second kappa shape index (κ2) is 16.5. The largest absolute Gasteiger partial charge is 0.370 e. The van der Waals surface area contributed by atoms with Crippen molar-refractivity contribution in [2.24, 2.45) is 17.2 Å². The van der Waals surface area contributed by atoms with Gasteiger partial charge in [0.2, 0.25) is 17.7 Å². The van der Waals surface area contributed by atoms with E-state index in [1.165, 1.54) is 21.1 Å². The van der Waals surface area contributed by atoms with Crippen LogP contribution < -0.4 is 27.8 Å². The molecule has 1 heterocycles. The van der Waals surface area contributed by atoms with Gasteiger partial charge in [0.15, 0.2) is 0 Å². The van der Waals surface area contributed by atoms with Crippen molar-refractivity contribution in [1.82, 2.24) is 20.4 Å². The first-order chi connectivity index (χ1) is 15.4. The lowest BCUT2D eigenvalue weighted by molar-refractivity contribution is -0.130. The van der Waals surface area contributed by atoms with Crippen LogP contribution in [0.15, 0.2) is 36.4 Å². The number of rotatable bonds is 10. The number of benzene rings is 1. The summed E-state index contributed by atoms with van der Waals surface area (Å²) in [5.74, 6) is -1.52. The maximum absolute atomic E-state index is 12.4. The minimum atomic E-state index is -0.995. The van der Waals surface area contributed by atoms with Crippen molar-refractivity contribution in [1.29, 1.82) is 0 Å². The van der Waals surface area contributed by atoms with Crippen molar-refractivity contribution in [2.45, 2.75) is 45.2 Å². The SMILES string of the molecule is CCCCn1nc(CC(=O)N[C@@H](CC(N)=O)C(=O)NC)cc1-c1ccccc1.CN.CN. The molecule has 10 nitrogen and oxygen atoms in total. The first-order valence-corrected chi connectivity index (χ1v) is 10.5. The number of hydrogen-bond donors (Lipinski definition) is 5. The van der Waals surface area contributed by atoms with E-state index in [0.717, 1.165) is 30.6 Å². The van der Waals surface area contributed by atoms with E-state index in [1.807, 2.05) is 41.1 Å². The van der Waals surface area contributed by atoms with Gasteiger partial charge < -0.3 is 27.8 Å². The number of carbonyl (C=O) groups excluding carboxylic acids is 3. The van der Waals surface area contributed by atoms with Crippen LogP contribution in [-0.4, -0.2) is 54.7 Å². The van der Waals surface area contributed by atoms with Crippen molar-refractivity contribution in [3.63, 3.8) is 0 Å². The lowest BCUT2D eigenvalue weighted by Crippen LogP contribution is -2.48. The van der Waals surface area contributed by atoms with Gasteiger partial charge in [0.05, 0.1) is 24.2 Å². The molecule has 0 saturated heterocycles. The number of carbonyl (C=O) groups is 3. The topological polar surface area (TPSA) is 171 Å². The Hall–Kier alpha value is -3.24. The van der Waals surface area contributed by atoms with Crippen LogP contribution in [0.3, 0.4) is 0 Å². The van der Waals surface area contributed by atoms with Gasteiger partial charge in [-0.2, -0.15) is 5.10 Å². The highest BCUT2D eigenvalue weighted by molar-refractivity contribution is 5.91. The first kappa shape index (κ1) is 28.8. The van der Waals surface area contributed by atoms with E-state index in [-0.39, 0.29) is 12.8 Å². The van der Waals surface area contributed by atoms with E-state index in [9.17, 15) is 14.4 Å². The normalized spacial score (nSPS) is 10.6. The Morgan fingerprint density at radius 2 is 1.72 bits per heavy atom. The third-order valence-corrected chi connectivity index (χ3v) is 4.27. The Kier molecular flexibility index (Phi) is 14.8. The molecule has 0 bridgehead atoms. The number of nitrogens with zero attached hydrogens (tertiary/aromatic N) is 2. The highest BCUT2D eigenvalue weighted by atomic mass is 16.2. The van der Waals surface area contributed by atoms with Gasteiger partial charge in [-0.1, -0.05) is 43.7 Å². The van der Waals surface area contributed by atoms with Crippen LogP contribution in [0, 0.1) is 0 Å². The summed E-state index contributed by atoms with van der Waals surface area (Å²) in [7, 11) is 4.43. The fourth-order valence-corrected chi connectivity index (χ4v) is 2.87. The van der Waals surface area contributed by atoms with Crippen LogP contribution >= 0.6 is 0 Å². The molecule has 1 atom stereocenters. The van der Waals surface area contributed by atoms with E-state index in [4.69, 9.17) is 5.73 Å². The van der Waals surface area contributed by atoms with Crippen LogP contribution in [0.5, 0.6) is 0 Å². The summed E-state index contributed by atoms with van der Waals surface area (Å²) in [4.78, 5) is 35.4. The van der Waals surface area contributed by atoms with Gasteiger partial charge in [-0.15, -0.1) is 0 Å². The average molecular weight is 448 g/mol. The summed E-state index contributed by atoms with van der Waals surface area (Å²) in [5, 5.41) is 9.54. The summed E-state index contributed by atoms with van der Waals surface area (Å²) in [6.07, 6.45) is 1.76. The van der Waals surface area contributed by atoms with E-state index >= 15 is 0 Å². The van der Waals surface area contributed by atoms with Crippen molar-refractivity contribution >= 4 is 17.7 Å². The average Bonchev–Trinajstić information content (AvgIpc) is 3.21. The predicted molar refractivity (Wildman–Crippen MR) is 126 cm³/mol. The number of amides is 3. The zero-order valence-electron chi connectivity index (χ0n) is 19.4. The lowest BCUT2D eigenvalue weighted by Gasteiger charge is -2.15. The molecule has 10 heteroatoms. The second-order valence-electron chi connectivity index (χ2n) is 6.55. The van der Waals surface area contributed by atoms with Crippen LogP contribution in [0.25, 0.3) is 11.3 Å². The molecular weight excluding hydrogens is 410 g/mol. The molecule has 2 rings (SSSR count). The molecule has 1 aromatic heterocycles. The number of aryl methyl sites for hydroxylation is 1. The number of aromatic nitrogens is 2. The van der Waals surface area contributed by atoms with Crippen LogP contribution in [0.1, 0.15) is 31.9 Å². The van der Waals surface area contributed by atoms with Gasteiger partial charge in [0.25, 0.3) is 0 Å². The van der Waals surface area contributed by atoms with Crippen molar-refractivity contribution in [3.8, 4) is 11.3 Å². The minimum absolute atomic E-state index is 0.00517. The molecule has 1 aromatic carbocycles. The molecule has 3 amide bonds. The van der Waals surface area contributed by atoms with Gasteiger partial charge in [0.1, 0.15) is 6.04 Å². The maximum atomic E-state index is 12.4. The first-order valence-electron chi connectivity index (χ1n) is 10.5. The number of likely N-dealkylation sites (N-methyl/N-ethyl adjacent to an activating group) is 1. The molecule has 178 valence electrons. The van der Waals surface area contributed by atoms with Gasteiger partial charge in [0, 0.05) is 13.6 Å². The molecule has 0 aliphatic carbocycles. The number of primary amides is 1. The van der Waals surface area contributed by atoms with Gasteiger partial charge in [-0.25, -0.2) is 0 Å². The number of nitrogens with one attached hydrogen (secondary N) is 2.